The summed E-state index contributed by atoms with van der Waals surface area (Å²) in [6.07, 6.45) is 0.318. The van der Waals surface area contributed by atoms with Crippen molar-refractivity contribution < 1.29 is 9.47 Å². The van der Waals surface area contributed by atoms with E-state index in [-0.39, 0.29) is 5.41 Å². The Hall–Kier alpha value is -1.02. The van der Waals surface area contributed by atoms with Gasteiger partial charge >= 0.3 is 0 Å². The molecule has 1 heterocycles. The molecule has 1 atom stereocenters. The molecule has 0 radical (unpaired) electrons. The molecule has 0 amide bonds. The largest absolute Gasteiger partial charge is 0.490 e. The lowest BCUT2D eigenvalue weighted by molar-refractivity contribution is 0.258. The normalized spacial score (nSPS) is 20.1. The second-order valence-electron chi connectivity index (χ2n) is 5.01. The minimum Gasteiger partial charge on any atom is -0.490 e. The van der Waals surface area contributed by atoms with Crippen LogP contribution < -0.4 is 4.74 Å². The Morgan fingerprint density at radius 2 is 2.00 bits per heavy atom. The minimum atomic E-state index is 0.126. The average molecular weight is 206 g/mol. The summed E-state index contributed by atoms with van der Waals surface area (Å²) < 4.78 is 10.9. The summed E-state index contributed by atoms with van der Waals surface area (Å²) in [5.74, 6) is 0.987. The molecule has 1 aliphatic heterocycles. The molecule has 0 spiro atoms. The zero-order valence-corrected chi connectivity index (χ0v) is 9.62. The second-order valence-corrected chi connectivity index (χ2v) is 5.01. The zero-order valence-electron chi connectivity index (χ0n) is 9.62. The summed E-state index contributed by atoms with van der Waals surface area (Å²) in [7, 11) is 0. The number of rotatable bonds is 3. The van der Waals surface area contributed by atoms with Gasteiger partial charge in [-0.05, 0) is 17.0 Å². The van der Waals surface area contributed by atoms with Crippen LogP contribution in [0.4, 0.5) is 0 Å². The van der Waals surface area contributed by atoms with Crippen molar-refractivity contribution in [3.63, 3.8) is 0 Å². The van der Waals surface area contributed by atoms with Gasteiger partial charge in [0.15, 0.2) is 0 Å². The van der Waals surface area contributed by atoms with E-state index in [4.69, 9.17) is 9.47 Å². The van der Waals surface area contributed by atoms with Gasteiger partial charge in [0.2, 0.25) is 0 Å². The van der Waals surface area contributed by atoms with Crippen molar-refractivity contribution >= 4 is 0 Å². The minimum absolute atomic E-state index is 0.126. The van der Waals surface area contributed by atoms with Gasteiger partial charge in [0.1, 0.15) is 18.5 Å². The van der Waals surface area contributed by atoms with Crippen molar-refractivity contribution in [1.82, 2.24) is 0 Å². The molecule has 1 saturated heterocycles. The van der Waals surface area contributed by atoms with Gasteiger partial charge in [0, 0.05) is 0 Å². The molecule has 1 aliphatic rings. The Bertz CT molecular complexity index is 335. The summed E-state index contributed by atoms with van der Waals surface area (Å²) in [6.45, 7) is 8.11. The topological polar surface area (TPSA) is 21.8 Å². The molecule has 82 valence electrons. The van der Waals surface area contributed by atoms with Crippen LogP contribution in [-0.2, 0) is 10.2 Å². The van der Waals surface area contributed by atoms with Crippen molar-refractivity contribution in [3.8, 4) is 5.75 Å². The van der Waals surface area contributed by atoms with Crippen molar-refractivity contribution in [1.29, 1.82) is 0 Å². The Balaban J connectivity index is 2.13. The van der Waals surface area contributed by atoms with Crippen molar-refractivity contribution in [3.05, 3.63) is 29.8 Å². The number of ether oxygens (including phenoxy) is 2. The number of epoxide rings is 1. The van der Waals surface area contributed by atoms with E-state index in [9.17, 15) is 0 Å². The van der Waals surface area contributed by atoms with Crippen LogP contribution in [-0.4, -0.2) is 19.3 Å². The molecule has 0 unspecified atom stereocenters. The van der Waals surface area contributed by atoms with Crippen LogP contribution in [0.1, 0.15) is 26.3 Å². The highest BCUT2D eigenvalue weighted by molar-refractivity contribution is 5.38. The third-order valence-corrected chi connectivity index (χ3v) is 2.52. The van der Waals surface area contributed by atoms with Gasteiger partial charge < -0.3 is 9.47 Å². The van der Waals surface area contributed by atoms with E-state index in [2.05, 4.69) is 32.9 Å². The van der Waals surface area contributed by atoms with E-state index < -0.39 is 0 Å². The van der Waals surface area contributed by atoms with Crippen molar-refractivity contribution in [2.75, 3.05) is 13.2 Å². The fourth-order valence-electron chi connectivity index (χ4n) is 1.56. The molecule has 0 saturated carbocycles. The maximum Gasteiger partial charge on any atom is 0.123 e. The van der Waals surface area contributed by atoms with E-state index in [0.717, 1.165) is 12.4 Å². The summed E-state index contributed by atoms with van der Waals surface area (Å²) in [5, 5.41) is 0. The average Bonchev–Trinajstić information content (AvgIpc) is 2.97. The fourth-order valence-corrected chi connectivity index (χ4v) is 1.56. The molecule has 2 heteroatoms. The van der Waals surface area contributed by atoms with Gasteiger partial charge in [-0.1, -0.05) is 39.0 Å². The highest BCUT2D eigenvalue weighted by Crippen LogP contribution is 2.31. The van der Waals surface area contributed by atoms with Crippen LogP contribution in [0.3, 0.4) is 0 Å². The van der Waals surface area contributed by atoms with E-state index >= 15 is 0 Å². The first-order valence-electron chi connectivity index (χ1n) is 5.41. The summed E-state index contributed by atoms with van der Waals surface area (Å²) in [4.78, 5) is 0. The third-order valence-electron chi connectivity index (χ3n) is 2.52. The van der Waals surface area contributed by atoms with E-state index in [1.54, 1.807) is 0 Å². The lowest BCUT2D eigenvalue weighted by atomic mass is 9.86. The number of hydrogen-bond acceptors (Lipinski definition) is 2. The van der Waals surface area contributed by atoms with Crippen LogP contribution in [0.5, 0.6) is 5.75 Å². The van der Waals surface area contributed by atoms with Gasteiger partial charge in [-0.3, -0.25) is 0 Å². The first-order valence-corrected chi connectivity index (χ1v) is 5.41. The van der Waals surface area contributed by atoms with Crippen LogP contribution in [0.15, 0.2) is 24.3 Å². The van der Waals surface area contributed by atoms with Crippen LogP contribution in [0, 0.1) is 0 Å². The number of benzene rings is 1. The lowest BCUT2D eigenvalue weighted by Gasteiger charge is -2.22. The summed E-state index contributed by atoms with van der Waals surface area (Å²) in [5.41, 5.74) is 1.38. The number of para-hydroxylation sites is 1. The van der Waals surface area contributed by atoms with Crippen LogP contribution in [0.2, 0.25) is 0 Å². The van der Waals surface area contributed by atoms with Gasteiger partial charge in [-0.15, -0.1) is 0 Å². The summed E-state index contributed by atoms with van der Waals surface area (Å²) in [6, 6.07) is 8.23. The molecule has 2 rings (SSSR count). The SMILES string of the molecule is CC(C)(C)c1ccccc1OC[C@@H]1CO1. The molecule has 0 bridgehead atoms. The van der Waals surface area contributed by atoms with Crippen LogP contribution >= 0.6 is 0 Å². The lowest BCUT2D eigenvalue weighted by Crippen LogP contribution is -2.14. The third kappa shape index (κ3) is 2.72. The fraction of sp³-hybridized carbons (Fsp3) is 0.538. The molecule has 1 aromatic carbocycles. The molecular weight excluding hydrogens is 188 g/mol. The maximum absolute atomic E-state index is 5.76. The molecule has 0 aliphatic carbocycles. The monoisotopic (exact) mass is 206 g/mol. The highest BCUT2D eigenvalue weighted by Gasteiger charge is 2.24. The number of hydrogen-bond donors (Lipinski definition) is 0. The molecule has 1 aromatic rings. The van der Waals surface area contributed by atoms with Crippen LogP contribution in [0.25, 0.3) is 0 Å². The molecular formula is C13H18O2. The molecule has 2 nitrogen and oxygen atoms in total. The highest BCUT2D eigenvalue weighted by atomic mass is 16.6. The molecule has 1 fully saturated rings. The van der Waals surface area contributed by atoms with Gasteiger partial charge in [-0.25, -0.2) is 0 Å². The second kappa shape index (κ2) is 3.86. The van der Waals surface area contributed by atoms with E-state index in [0.29, 0.717) is 12.7 Å². The van der Waals surface area contributed by atoms with Crippen molar-refractivity contribution in [2.45, 2.75) is 32.3 Å². The Kier molecular flexibility index (Phi) is 2.70. The predicted molar refractivity (Wildman–Crippen MR) is 60.4 cm³/mol. The first-order chi connectivity index (χ1) is 7.07. The Labute approximate surface area is 91.2 Å². The Morgan fingerprint density at radius 1 is 1.33 bits per heavy atom. The standard InChI is InChI=1S/C13H18O2/c1-13(2,3)11-6-4-5-7-12(11)15-9-10-8-14-10/h4-7,10H,8-9H2,1-3H3/t10-/m0/s1. The first kappa shape index (κ1) is 10.5. The molecule has 0 N–H and O–H groups in total. The van der Waals surface area contributed by atoms with Crippen molar-refractivity contribution in [2.24, 2.45) is 0 Å². The van der Waals surface area contributed by atoms with Gasteiger partial charge in [0.25, 0.3) is 0 Å². The summed E-state index contributed by atoms with van der Waals surface area (Å²) >= 11 is 0. The maximum atomic E-state index is 5.76. The Morgan fingerprint density at radius 3 is 2.60 bits per heavy atom. The smallest absolute Gasteiger partial charge is 0.123 e. The van der Waals surface area contributed by atoms with E-state index in [1.165, 1.54) is 5.56 Å². The van der Waals surface area contributed by atoms with Gasteiger partial charge in [-0.2, -0.15) is 0 Å². The predicted octanol–water partition coefficient (Wildman–Crippen LogP) is 2.76. The quantitative estimate of drug-likeness (QED) is 0.709. The molecule has 0 aromatic heterocycles. The zero-order chi connectivity index (χ0) is 10.9. The van der Waals surface area contributed by atoms with Gasteiger partial charge in [0.05, 0.1) is 6.61 Å². The van der Waals surface area contributed by atoms with E-state index in [1.807, 2.05) is 12.1 Å². The molecule has 15 heavy (non-hydrogen) atoms.